The van der Waals surface area contributed by atoms with Crippen LogP contribution in [0.1, 0.15) is 18.4 Å². The van der Waals surface area contributed by atoms with Crippen molar-refractivity contribution in [2.45, 2.75) is 12.8 Å². The van der Waals surface area contributed by atoms with E-state index < -0.39 is 0 Å². The molecular weight excluding hydrogens is 623 g/mol. The third kappa shape index (κ3) is 5.12. The minimum atomic E-state index is 0.639. The third-order valence-electron chi connectivity index (χ3n) is 9.97. The Hall–Kier alpha value is -6.65. The van der Waals surface area contributed by atoms with Gasteiger partial charge >= 0.3 is 0 Å². The van der Waals surface area contributed by atoms with E-state index in [4.69, 9.17) is 19.4 Å². The molecule has 0 amide bonds. The Bertz CT molecular complexity index is 2860. The molecule has 0 radical (unpaired) electrons. The maximum Gasteiger partial charge on any atom is 0.164 e. The first-order valence-corrected chi connectivity index (χ1v) is 17.4. The van der Waals surface area contributed by atoms with Crippen LogP contribution in [0.25, 0.3) is 94.3 Å². The molecule has 0 fully saturated rings. The van der Waals surface area contributed by atoms with Gasteiger partial charge in [0.25, 0.3) is 0 Å². The Morgan fingerprint density at radius 1 is 0.431 bits per heavy atom. The number of hydrogen-bond donors (Lipinski definition) is 0. The number of para-hydroxylation sites is 1. The first-order valence-electron chi connectivity index (χ1n) is 17.4. The molecule has 0 bridgehead atoms. The van der Waals surface area contributed by atoms with E-state index in [0.717, 1.165) is 78.8 Å². The third-order valence-corrected chi connectivity index (χ3v) is 9.97. The molecule has 10 rings (SSSR count). The smallest absolute Gasteiger partial charge is 0.164 e. The van der Waals surface area contributed by atoms with E-state index in [1.165, 1.54) is 16.5 Å². The molecule has 0 N–H and O–H groups in total. The Kier molecular flexibility index (Phi) is 6.91. The quantitative estimate of drug-likeness (QED) is 0.185. The van der Waals surface area contributed by atoms with Crippen molar-refractivity contribution in [3.05, 3.63) is 169 Å². The lowest BCUT2D eigenvalue weighted by atomic mass is 9.93. The molecule has 0 saturated carbocycles. The molecule has 7 aromatic carbocycles. The van der Waals surface area contributed by atoms with Crippen molar-refractivity contribution in [3.63, 3.8) is 0 Å². The van der Waals surface area contributed by atoms with E-state index in [0.29, 0.717) is 17.5 Å². The fraction of sp³-hybridized carbons (Fsp3) is 0.0426. The van der Waals surface area contributed by atoms with E-state index in [-0.39, 0.29) is 0 Å². The molecule has 1 aliphatic carbocycles. The summed E-state index contributed by atoms with van der Waals surface area (Å²) < 4.78 is 6.27. The van der Waals surface area contributed by atoms with Crippen LogP contribution in [0.2, 0.25) is 0 Å². The highest BCUT2D eigenvalue weighted by atomic mass is 16.3. The lowest BCUT2D eigenvalue weighted by Crippen LogP contribution is -2.01. The fourth-order valence-electron chi connectivity index (χ4n) is 7.46. The zero-order valence-electron chi connectivity index (χ0n) is 27.8. The van der Waals surface area contributed by atoms with Gasteiger partial charge in [-0.05, 0) is 74.8 Å². The van der Waals surface area contributed by atoms with Gasteiger partial charge in [0.1, 0.15) is 11.2 Å². The Balaban J connectivity index is 1.16. The maximum atomic E-state index is 6.27. The molecule has 0 atom stereocenters. The van der Waals surface area contributed by atoms with Gasteiger partial charge in [-0.1, -0.05) is 146 Å². The Labute approximate surface area is 295 Å². The molecule has 240 valence electrons. The van der Waals surface area contributed by atoms with Gasteiger partial charge in [0, 0.05) is 27.5 Å². The fourth-order valence-corrected chi connectivity index (χ4v) is 7.46. The monoisotopic (exact) mass is 653 g/mol. The number of furan rings is 1. The highest BCUT2D eigenvalue weighted by Gasteiger charge is 2.18. The van der Waals surface area contributed by atoms with Crippen LogP contribution in [0.3, 0.4) is 0 Å². The summed E-state index contributed by atoms with van der Waals surface area (Å²) in [5.74, 6) is 1.93. The molecule has 4 nitrogen and oxygen atoms in total. The van der Waals surface area contributed by atoms with Gasteiger partial charge in [-0.15, -0.1) is 0 Å². The van der Waals surface area contributed by atoms with Crippen molar-refractivity contribution in [1.82, 2.24) is 15.0 Å². The van der Waals surface area contributed by atoms with Crippen LogP contribution in [0.15, 0.2) is 168 Å². The van der Waals surface area contributed by atoms with Crippen LogP contribution in [-0.4, -0.2) is 15.0 Å². The summed E-state index contributed by atoms with van der Waals surface area (Å²) in [5, 5.41) is 6.76. The first-order chi connectivity index (χ1) is 25.3. The maximum absolute atomic E-state index is 6.27. The summed E-state index contributed by atoms with van der Waals surface area (Å²) in [6, 6.07) is 50.8. The topological polar surface area (TPSA) is 51.8 Å². The molecule has 51 heavy (non-hydrogen) atoms. The molecule has 4 heteroatoms. The second kappa shape index (κ2) is 12.0. The zero-order chi connectivity index (χ0) is 33.7. The molecule has 9 aromatic rings. The molecule has 0 spiro atoms. The summed E-state index contributed by atoms with van der Waals surface area (Å²) in [4.78, 5) is 15.4. The van der Waals surface area contributed by atoms with Crippen molar-refractivity contribution >= 4 is 49.1 Å². The number of allylic oxidation sites excluding steroid dienone is 4. The molecule has 0 saturated heterocycles. The van der Waals surface area contributed by atoms with Crippen molar-refractivity contribution in [2.24, 2.45) is 0 Å². The van der Waals surface area contributed by atoms with Crippen LogP contribution in [0.4, 0.5) is 0 Å². The van der Waals surface area contributed by atoms with Crippen LogP contribution < -0.4 is 0 Å². The predicted octanol–water partition coefficient (Wildman–Crippen LogP) is 12.5. The van der Waals surface area contributed by atoms with Crippen LogP contribution in [-0.2, 0) is 0 Å². The van der Waals surface area contributed by atoms with E-state index in [2.05, 4.69) is 146 Å². The summed E-state index contributed by atoms with van der Waals surface area (Å²) >= 11 is 0. The summed E-state index contributed by atoms with van der Waals surface area (Å²) in [7, 11) is 0. The van der Waals surface area contributed by atoms with Crippen molar-refractivity contribution < 1.29 is 4.42 Å². The molecule has 1 aliphatic rings. The Morgan fingerprint density at radius 3 is 1.90 bits per heavy atom. The van der Waals surface area contributed by atoms with Crippen LogP contribution in [0.5, 0.6) is 0 Å². The standard InChI is InChI=1S/C47H31N3O/c1-2-11-30(12-3-1)32-23-26-33(27-24-32)45-48-46(35-28-25-31-13-4-5-14-34(31)29-35)50-47(49-45)40-20-9-16-36-37(17-8-18-38(36)40)39-19-10-22-43-44(39)41-15-6-7-21-42(41)51-43/h2,4-29H,1,3H2. The average Bonchev–Trinajstić information content (AvgIpc) is 3.60. The van der Waals surface area contributed by atoms with Gasteiger partial charge in [0.05, 0.1) is 0 Å². The molecule has 0 unspecified atom stereocenters. The first kappa shape index (κ1) is 29.3. The van der Waals surface area contributed by atoms with Crippen molar-refractivity contribution in [3.8, 4) is 45.3 Å². The number of aromatic nitrogens is 3. The van der Waals surface area contributed by atoms with Gasteiger partial charge in [-0.3, -0.25) is 0 Å². The molecule has 2 heterocycles. The number of nitrogens with zero attached hydrogens (tertiary/aromatic N) is 3. The predicted molar refractivity (Wildman–Crippen MR) is 210 cm³/mol. The highest BCUT2D eigenvalue weighted by Crippen LogP contribution is 2.41. The Morgan fingerprint density at radius 2 is 1.06 bits per heavy atom. The van der Waals surface area contributed by atoms with Gasteiger partial charge < -0.3 is 4.42 Å². The SMILES string of the molecule is C1=CC(c2ccc(-c3nc(-c4ccc5ccccc5c4)nc(-c4cccc5c(-c6cccc7oc8ccccc8c67)cccc45)n3)cc2)=CCC1. The lowest BCUT2D eigenvalue weighted by Gasteiger charge is -2.13. The molecule has 0 aliphatic heterocycles. The highest BCUT2D eigenvalue weighted by molar-refractivity contribution is 6.16. The van der Waals surface area contributed by atoms with E-state index in [1.54, 1.807) is 0 Å². The average molecular weight is 654 g/mol. The van der Waals surface area contributed by atoms with Gasteiger partial charge in [0.2, 0.25) is 0 Å². The van der Waals surface area contributed by atoms with Crippen LogP contribution in [0, 0.1) is 0 Å². The lowest BCUT2D eigenvalue weighted by molar-refractivity contribution is 0.669. The van der Waals surface area contributed by atoms with Gasteiger partial charge in [-0.2, -0.15) is 0 Å². The van der Waals surface area contributed by atoms with Crippen LogP contribution >= 0.6 is 0 Å². The largest absolute Gasteiger partial charge is 0.456 e. The van der Waals surface area contributed by atoms with Crippen molar-refractivity contribution in [2.75, 3.05) is 0 Å². The normalized spacial score (nSPS) is 13.0. The minimum Gasteiger partial charge on any atom is -0.456 e. The van der Waals surface area contributed by atoms with E-state index >= 15 is 0 Å². The van der Waals surface area contributed by atoms with Gasteiger partial charge in [0.15, 0.2) is 17.5 Å². The minimum absolute atomic E-state index is 0.639. The number of hydrogen-bond acceptors (Lipinski definition) is 4. The van der Waals surface area contributed by atoms with E-state index in [9.17, 15) is 0 Å². The summed E-state index contributed by atoms with van der Waals surface area (Å²) in [6.07, 6.45) is 8.92. The number of fused-ring (bicyclic) bond motifs is 5. The zero-order valence-corrected chi connectivity index (χ0v) is 27.8. The second-order valence-electron chi connectivity index (χ2n) is 13.1. The molecule has 2 aromatic heterocycles. The van der Waals surface area contributed by atoms with Crippen molar-refractivity contribution in [1.29, 1.82) is 0 Å². The summed E-state index contributed by atoms with van der Waals surface area (Å²) in [5.41, 5.74) is 9.35. The van der Waals surface area contributed by atoms with E-state index in [1.807, 2.05) is 18.2 Å². The number of rotatable bonds is 5. The second-order valence-corrected chi connectivity index (χ2v) is 13.1. The number of benzene rings is 7. The van der Waals surface area contributed by atoms with Gasteiger partial charge in [-0.25, -0.2) is 15.0 Å². The summed E-state index contributed by atoms with van der Waals surface area (Å²) in [6.45, 7) is 0. The molecular formula is C47H31N3O.